The Morgan fingerprint density at radius 3 is 3.11 bits per heavy atom. The second-order valence-electron chi connectivity index (χ2n) is 4.88. The summed E-state index contributed by atoms with van der Waals surface area (Å²) in [7, 11) is -2.84. The van der Waals surface area contributed by atoms with Crippen LogP contribution in [0.5, 0.6) is 0 Å². The van der Waals surface area contributed by atoms with Crippen molar-refractivity contribution in [2.75, 3.05) is 11.5 Å². The van der Waals surface area contributed by atoms with Gasteiger partial charge < -0.3 is 4.98 Å². The second kappa shape index (κ2) is 4.35. The Labute approximate surface area is 106 Å². The molecule has 3 heterocycles. The van der Waals surface area contributed by atoms with Gasteiger partial charge in [0, 0.05) is 12.6 Å². The number of hydrogen-bond acceptors (Lipinski definition) is 4. The highest BCUT2D eigenvalue weighted by molar-refractivity contribution is 7.91. The molecule has 0 radical (unpaired) electrons. The van der Waals surface area contributed by atoms with Crippen molar-refractivity contribution in [3.8, 4) is 0 Å². The maximum Gasteiger partial charge on any atom is 0.177 e. The summed E-state index contributed by atoms with van der Waals surface area (Å²) in [6, 6.07) is 3.78. The number of nitrogens with zero attached hydrogens (tertiary/aromatic N) is 2. The maximum atomic E-state index is 11.6. The zero-order valence-electron chi connectivity index (χ0n) is 9.96. The third-order valence-electron chi connectivity index (χ3n) is 3.35. The lowest BCUT2D eigenvalue weighted by Gasteiger charge is -2.20. The van der Waals surface area contributed by atoms with E-state index in [4.69, 9.17) is 0 Å². The zero-order chi connectivity index (χ0) is 12.6. The smallest absolute Gasteiger partial charge is 0.177 e. The molecule has 0 spiro atoms. The molecule has 0 bridgehead atoms. The van der Waals surface area contributed by atoms with Gasteiger partial charge in [0.25, 0.3) is 0 Å². The molecule has 5 nitrogen and oxygen atoms in total. The summed E-state index contributed by atoms with van der Waals surface area (Å²) in [5.41, 5.74) is 1.61. The molecule has 1 fully saturated rings. The monoisotopic (exact) mass is 265 g/mol. The van der Waals surface area contributed by atoms with Crippen molar-refractivity contribution in [3.63, 3.8) is 0 Å². The first kappa shape index (κ1) is 11.6. The van der Waals surface area contributed by atoms with E-state index in [9.17, 15) is 8.42 Å². The van der Waals surface area contributed by atoms with Crippen LogP contribution < -0.4 is 0 Å². The van der Waals surface area contributed by atoms with Gasteiger partial charge in [-0.3, -0.25) is 0 Å². The molecule has 1 unspecified atom stereocenters. The number of H-pyrrole nitrogens is 1. The summed E-state index contributed by atoms with van der Waals surface area (Å²) in [5, 5.41) is 0. The topological polar surface area (TPSA) is 75.7 Å². The van der Waals surface area contributed by atoms with Gasteiger partial charge in [0.2, 0.25) is 0 Å². The minimum atomic E-state index is -2.84. The molecule has 0 saturated carbocycles. The maximum absolute atomic E-state index is 11.6. The van der Waals surface area contributed by atoms with Crippen LogP contribution in [0.2, 0.25) is 0 Å². The number of hydrogen-bond donors (Lipinski definition) is 1. The number of rotatable bonds is 2. The molecule has 3 rings (SSSR count). The fraction of sp³-hybridized carbons (Fsp3) is 0.500. The van der Waals surface area contributed by atoms with E-state index in [1.54, 1.807) is 6.20 Å². The van der Waals surface area contributed by atoms with Crippen LogP contribution in [-0.4, -0.2) is 34.9 Å². The number of imidazole rings is 1. The van der Waals surface area contributed by atoms with Crippen molar-refractivity contribution in [3.05, 3.63) is 24.2 Å². The summed E-state index contributed by atoms with van der Waals surface area (Å²) < 4.78 is 23.2. The molecule has 96 valence electrons. The van der Waals surface area contributed by atoms with Crippen molar-refractivity contribution < 1.29 is 8.42 Å². The van der Waals surface area contributed by atoms with E-state index in [-0.39, 0.29) is 11.7 Å². The average Bonchev–Trinajstić information content (AvgIpc) is 2.69. The summed E-state index contributed by atoms with van der Waals surface area (Å²) in [6.45, 7) is 0. The zero-order valence-corrected chi connectivity index (χ0v) is 10.8. The largest absolute Gasteiger partial charge is 0.341 e. The highest BCUT2D eigenvalue weighted by Crippen LogP contribution is 2.22. The van der Waals surface area contributed by atoms with Gasteiger partial charge in [-0.25, -0.2) is 18.4 Å². The molecule has 2 aromatic heterocycles. The molecule has 1 N–H and O–H groups in total. The standard InChI is InChI=1S/C12H15N3O2S/c16-18(17)6-2-3-9(8-18)7-11-14-10-4-1-5-13-12(10)15-11/h1,4-5,9H,2-3,6-8H2,(H,13,14,15). The van der Waals surface area contributed by atoms with Gasteiger partial charge in [0.1, 0.15) is 5.82 Å². The molecule has 6 heteroatoms. The minimum Gasteiger partial charge on any atom is -0.341 e. The lowest BCUT2D eigenvalue weighted by Crippen LogP contribution is -2.26. The molecule has 0 aromatic carbocycles. The third-order valence-corrected chi connectivity index (χ3v) is 5.24. The molecule has 0 amide bonds. The van der Waals surface area contributed by atoms with Gasteiger partial charge >= 0.3 is 0 Å². The van der Waals surface area contributed by atoms with Crippen LogP contribution in [0, 0.1) is 5.92 Å². The number of aromatic amines is 1. The molecule has 1 aliphatic rings. The molecule has 2 aromatic rings. The van der Waals surface area contributed by atoms with E-state index in [0.717, 1.165) is 24.2 Å². The van der Waals surface area contributed by atoms with Crippen molar-refractivity contribution in [1.29, 1.82) is 0 Å². The molecule has 1 saturated heterocycles. The quantitative estimate of drug-likeness (QED) is 0.888. The number of aromatic nitrogens is 3. The van der Waals surface area contributed by atoms with Gasteiger partial charge in [-0.05, 0) is 30.9 Å². The SMILES string of the molecule is O=S1(=O)CCCC(Cc2nc3ncccc3[nH]2)C1. The fourth-order valence-corrected chi connectivity index (χ4v) is 4.32. The van der Waals surface area contributed by atoms with Crippen molar-refractivity contribution in [2.24, 2.45) is 5.92 Å². The van der Waals surface area contributed by atoms with Crippen molar-refractivity contribution in [1.82, 2.24) is 15.0 Å². The molecule has 18 heavy (non-hydrogen) atoms. The van der Waals surface area contributed by atoms with E-state index in [2.05, 4.69) is 15.0 Å². The normalized spacial score (nSPS) is 23.2. The second-order valence-corrected chi connectivity index (χ2v) is 7.11. The highest BCUT2D eigenvalue weighted by atomic mass is 32.2. The van der Waals surface area contributed by atoms with Crippen LogP contribution in [0.3, 0.4) is 0 Å². The summed E-state index contributed by atoms with van der Waals surface area (Å²) in [4.78, 5) is 11.8. The minimum absolute atomic E-state index is 0.185. The van der Waals surface area contributed by atoms with Crippen LogP contribution in [0.15, 0.2) is 18.3 Å². The van der Waals surface area contributed by atoms with E-state index < -0.39 is 9.84 Å². The molecule has 0 aliphatic carbocycles. The Hall–Kier alpha value is -1.43. The van der Waals surface area contributed by atoms with E-state index >= 15 is 0 Å². The Morgan fingerprint density at radius 2 is 2.33 bits per heavy atom. The van der Waals surface area contributed by atoms with E-state index in [0.29, 0.717) is 17.8 Å². The van der Waals surface area contributed by atoms with Gasteiger partial charge in [-0.15, -0.1) is 0 Å². The first-order chi connectivity index (χ1) is 8.62. The van der Waals surface area contributed by atoms with Gasteiger partial charge in [0.15, 0.2) is 15.5 Å². The predicted molar refractivity (Wildman–Crippen MR) is 69.0 cm³/mol. The van der Waals surface area contributed by atoms with Gasteiger partial charge in [-0.2, -0.15) is 0 Å². The van der Waals surface area contributed by atoms with Crippen LogP contribution in [0.4, 0.5) is 0 Å². The first-order valence-corrected chi connectivity index (χ1v) is 7.94. The predicted octanol–water partition coefficient (Wildman–Crippen LogP) is 1.33. The van der Waals surface area contributed by atoms with Crippen LogP contribution in [-0.2, 0) is 16.3 Å². The van der Waals surface area contributed by atoms with Gasteiger partial charge in [0.05, 0.1) is 17.0 Å². The van der Waals surface area contributed by atoms with Crippen LogP contribution in [0.1, 0.15) is 18.7 Å². The summed E-state index contributed by atoms with van der Waals surface area (Å²) in [5.74, 6) is 1.65. The fourth-order valence-electron chi connectivity index (χ4n) is 2.54. The Bertz CT molecular complexity index is 630. The molecular weight excluding hydrogens is 250 g/mol. The van der Waals surface area contributed by atoms with Crippen LogP contribution >= 0.6 is 0 Å². The number of nitrogens with one attached hydrogen (secondary N) is 1. The van der Waals surface area contributed by atoms with E-state index in [1.165, 1.54) is 0 Å². The Kier molecular flexibility index (Phi) is 2.81. The van der Waals surface area contributed by atoms with Crippen molar-refractivity contribution in [2.45, 2.75) is 19.3 Å². The molecule has 1 atom stereocenters. The van der Waals surface area contributed by atoms with Crippen LogP contribution in [0.25, 0.3) is 11.2 Å². The Balaban J connectivity index is 1.80. The lowest BCUT2D eigenvalue weighted by atomic mass is 10.0. The summed E-state index contributed by atoms with van der Waals surface area (Å²) >= 11 is 0. The van der Waals surface area contributed by atoms with Gasteiger partial charge in [-0.1, -0.05) is 0 Å². The Morgan fingerprint density at radius 1 is 1.44 bits per heavy atom. The average molecular weight is 265 g/mol. The number of fused-ring (bicyclic) bond motifs is 1. The summed E-state index contributed by atoms with van der Waals surface area (Å²) in [6.07, 6.45) is 4.13. The molecule has 1 aliphatic heterocycles. The van der Waals surface area contributed by atoms with Crippen molar-refractivity contribution >= 4 is 21.0 Å². The highest BCUT2D eigenvalue weighted by Gasteiger charge is 2.25. The molecular formula is C12H15N3O2S. The lowest BCUT2D eigenvalue weighted by molar-refractivity contribution is 0.477. The third kappa shape index (κ3) is 2.38. The first-order valence-electron chi connectivity index (χ1n) is 6.12. The van der Waals surface area contributed by atoms with E-state index in [1.807, 2.05) is 12.1 Å². The number of pyridine rings is 1. The number of sulfone groups is 1.